The molecule has 0 spiro atoms. The number of fused-ring (bicyclic) bond motifs is 6. The Morgan fingerprint density at radius 2 is 1.05 bits per heavy atom. The van der Waals surface area contributed by atoms with Crippen LogP contribution in [0.5, 0.6) is 0 Å². The molecule has 0 amide bonds. The molecule has 2 saturated carbocycles. The monoisotopic (exact) mass is 1100 g/mol. The van der Waals surface area contributed by atoms with Gasteiger partial charge >= 0.3 is 0 Å². The molecule has 8 heterocycles. The van der Waals surface area contributed by atoms with Crippen LogP contribution >= 0.6 is 0 Å². The molecule has 17 heteroatoms. The SMILES string of the molecule is [C-]#[N+]c1c(C2CC3CCC(C2)N3)nc2c(-c3ccc(-c4ccccc4)nc3)cnn2c1N.[C-]#[N+]c1c(C2CC3CCC(C3)C2)nc2c(-c3ccc(-c4ccccc4)nc3)cnn2c1N(COCC[Si](C)(C)C)COCC[Si](C)(C)C. The van der Waals surface area contributed by atoms with E-state index in [2.05, 4.69) is 93.5 Å². The summed E-state index contributed by atoms with van der Waals surface area (Å²) in [5.74, 6) is 3.03. The van der Waals surface area contributed by atoms with Crippen LogP contribution in [0.3, 0.4) is 0 Å². The number of nitrogen functional groups attached to an aromatic ring is 1. The highest BCUT2D eigenvalue weighted by Crippen LogP contribution is 2.51. The lowest BCUT2D eigenvalue weighted by molar-refractivity contribution is 0.0943. The van der Waals surface area contributed by atoms with Gasteiger partial charge in [0.05, 0.1) is 48.3 Å². The molecule has 4 aliphatic rings. The molecule has 2 aliphatic heterocycles. The van der Waals surface area contributed by atoms with E-state index in [1.165, 1.54) is 32.1 Å². The van der Waals surface area contributed by atoms with Gasteiger partial charge in [-0.25, -0.2) is 28.7 Å². The molecule has 0 radical (unpaired) electrons. The molecule has 4 atom stereocenters. The van der Waals surface area contributed by atoms with Crippen LogP contribution < -0.4 is 16.0 Å². The topological polar surface area (TPSA) is 155 Å². The highest BCUT2D eigenvalue weighted by atomic mass is 28.3. The summed E-state index contributed by atoms with van der Waals surface area (Å²) in [5.41, 5.74) is 18.3. The van der Waals surface area contributed by atoms with E-state index >= 15 is 0 Å². The molecule has 2 aromatic carbocycles. The van der Waals surface area contributed by atoms with Crippen LogP contribution in [0, 0.1) is 25.0 Å². The lowest BCUT2D eigenvalue weighted by Crippen LogP contribution is -2.37. The summed E-state index contributed by atoms with van der Waals surface area (Å²) in [6.45, 7) is 32.5. The molecule has 4 fully saturated rings. The Hall–Kier alpha value is -7.13. The smallest absolute Gasteiger partial charge is 0.249 e. The lowest BCUT2D eigenvalue weighted by atomic mass is 9.79. The molecule has 2 aliphatic carbocycles. The molecule has 4 unspecified atom stereocenters. The lowest BCUT2D eigenvalue weighted by Gasteiger charge is -2.31. The Kier molecular flexibility index (Phi) is 16.1. The molecule has 4 bridgehead atoms. The van der Waals surface area contributed by atoms with Crippen LogP contribution in [0.15, 0.2) is 110 Å². The summed E-state index contributed by atoms with van der Waals surface area (Å²) in [7, 11) is -2.55. The number of aromatic nitrogens is 8. The fourth-order valence-electron chi connectivity index (χ4n) is 12.4. The van der Waals surface area contributed by atoms with Gasteiger partial charge in [-0.15, -0.1) is 0 Å². The van der Waals surface area contributed by atoms with Gasteiger partial charge in [0.1, 0.15) is 25.1 Å². The van der Waals surface area contributed by atoms with Crippen LogP contribution in [0.1, 0.15) is 81.0 Å². The number of hydrogen-bond acceptors (Lipinski definition) is 11. The van der Waals surface area contributed by atoms with Crippen LogP contribution in [0.2, 0.25) is 51.4 Å². The predicted molar refractivity (Wildman–Crippen MR) is 325 cm³/mol. The number of anilines is 2. The van der Waals surface area contributed by atoms with Crippen molar-refractivity contribution in [1.29, 1.82) is 0 Å². The van der Waals surface area contributed by atoms with E-state index in [0.717, 1.165) is 117 Å². The molecule has 12 rings (SSSR count). The van der Waals surface area contributed by atoms with E-state index in [0.29, 0.717) is 61.6 Å². The maximum atomic E-state index is 8.53. The summed E-state index contributed by atoms with van der Waals surface area (Å²) in [4.78, 5) is 29.9. The van der Waals surface area contributed by atoms with E-state index in [-0.39, 0.29) is 11.8 Å². The Bertz CT molecular complexity index is 3480. The third-order valence-electron chi connectivity index (χ3n) is 16.7. The second-order valence-electron chi connectivity index (χ2n) is 25.1. The van der Waals surface area contributed by atoms with Gasteiger partial charge in [0, 0.05) is 87.2 Å². The second-order valence-corrected chi connectivity index (χ2v) is 36.3. The normalized spacial score (nSPS) is 20.6. The van der Waals surface area contributed by atoms with Crippen molar-refractivity contribution in [2.75, 3.05) is 37.3 Å². The van der Waals surface area contributed by atoms with Crippen molar-refractivity contribution >= 4 is 50.5 Å². The second kappa shape index (κ2) is 23.5. The Morgan fingerprint density at radius 3 is 1.52 bits per heavy atom. The minimum absolute atomic E-state index is 0.242. The van der Waals surface area contributed by atoms with Crippen molar-refractivity contribution in [3.63, 3.8) is 0 Å². The van der Waals surface area contributed by atoms with Crippen LogP contribution in [-0.2, 0) is 9.47 Å². The zero-order valence-corrected chi connectivity index (χ0v) is 49.3. The Balaban J connectivity index is 0.000000182. The number of hydrogen-bond donors (Lipinski definition) is 2. The third-order valence-corrected chi connectivity index (χ3v) is 20.1. The van der Waals surface area contributed by atoms with Crippen molar-refractivity contribution in [2.24, 2.45) is 11.8 Å². The van der Waals surface area contributed by atoms with Crippen LogP contribution in [0.25, 0.3) is 65.8 Å². The van der Waals surface area contributed by atoms with Gasteiger partial charge in [-0.05, 0) is 92.8 Å². The van der Waals surface area contributed by atoms with Gasteiger partial charge < -0.3 is 25.4 Å². The standard InChI is InChI=1S/C38H52N6O2Si2.C25H23N7/c1-39-36-35(32-22-28-13-14-29(21-28)23-32)42-37-33(31-15-16-34(40-24-31)30-11-9-8-10-12-30)25-41-44(37)38(36)43(26-45-17-19-47(2,3)4)27-46-18-20-48(5,6)7;1-27-23-22(17-11-18-8-9-19(12-17)30-18)31-25-20(14-29-32(25)24(23)26)16-7-10-21(28-13-16)15-5-3-2-4-6-15/h8-12,15-16,24-25,28-29,32H,13-14,17-23,26-27H2,2-7H3;2-7,10,13-14,17-19,30H,8-9,11-12,26H2. The van der Waals surface area contributed by atoms with Gasteiger partial charge in [0.25, 0.3) is 0 Å². The molecule has 15 nitrogen and oxygen atoms in total. The maximum absolute atomic E-state index is 8.53. The average Bonchev–Trinajstić information content (AvgIpc) is 4.32. The molecule has 3 N–H and O–H groups in total. The number of benzene rings is 2. The molecule has 8 aromatic rings. The van der Waals surface area contributed by atoms with E-state index in [4.69, 9.17) is 48.4 Å². The Morgan fingerprint density at radius 1 is 0.575 bits per heavy atom. The summed E-state index contributed by atoms with van der Waals surface area (Å²) in [6.07, 6.45) is 17.9. The first-order chi connectivity index (χ1) is 38.7. The third kappa shape index (κ3) is 12.1. The number of nitrogens with one attached hydrogen (secondary N) is 1. The van der Waals surface area contributed by atoms with Gasteiger partial charge in [-0.1, -0.05) is 125 Å². The summed E-state index contributed by atoms with van der Waals surface area (Å²) < 4.78 is 16.2. The van der Waals surface area contributed by atoms with Crippen LogP contribution in [0.4, 0.5) is 23.0 Å². The fourth-order valence-corrected chi connectivity index (χ4v) is 13.9. The zero-order valence-electron chi connectivity index (χ0n) is 47.3. The van der Waals surface area contributed by atoms with Gasteiger partial charge in [-0.2, -0.15) is 10.2 Å². The minimum atomic E-state index is -1.27. The highest BCUT2D eigenvalue weighted by molar-refractivity contribution is 6.76. The van der Waals surface area contributed by atoms with Crippen molar-refractivity contribution in [2.45, 2.75) is 133 Å². The van der Waals surface area contributed by atoms with Gasteiger partial charge in [0.2, 0.25) is 11.4 Å². The predicted octanol–water partition coefficient (Wildman–Crippen LogP) is 14.3. The summed E-state index contributed by atoms with van der Waals surface area (Å²) in [5, 5.41) is 13.0. The van der Waals surface area contributed by atoms with Crippen LogP contribution in [-0.4, -0.2) is 94.1 Å². The largest absolute Gasteiger partial charge is 0.392 e. The van der Waals surface area contributed by atoms with E-state index in [1.807, 2.05) is 83.8 Å². The molecular formula is C63H75N13O2Si2. The van der Waals surface area contributed by atoms with Crippen molar-refractivity contribution < 1.29 is 9.47 Å². The van der Waals surface area contributed by atoms with E-state index < -0.39 is 16.1 Å². The number of ether oxygens (including phenoxy) is 2. The van der Waals surface area contributed by atoms with Crippen molar-refractivity contribution in [3.05, 3.63) is 144 Å². The molecular weight excluding hydrogens is 1030 g/mol. The molecule has 2 saturated heterocycles. The first-order valence-corrected chi connectivity index (χ1v) is 36.2. The molecule has 80 heavy (non-hydrogen) atoms. The van der Waals surface area contributed by atoms with Crippen molar-refractivity contribution in [3.8, 4) is 44.8 Å². The molecule has 412 valence electrons. The number of nitrogens with zero attached hydrogens (tertiary/aromatic N) is 11. The average molecular weight is 1100 g/mol. The highest BCUT2D eigenvalue weighted by Gasteiger charge is 2.39. The minimum Gasteiger partial charge on any atom is -0.392 e. The number of rotatable bonds is 17. The van der Waals surface area contributed by atoms with Crippen molar-refractivity contribution in [1.82, 2.24) is 44.5 Å². The number of piperidine rings is 1. The fraction of sp³-hybridized carbons (Fsp3) is 0.429. The zero-order chi connectivity index (χ0) is 55.5. The van der Waals surface area contributed by atoms with Gasteiger partial charge in [0.15, 0.2) is 11.3 Å². The first-order valence-electron chi connectivity index (χ1n) is 28.7. The van der Waals surface area contributed by atoms with E-state index in [9.17, 15) is 0 Å². The quantitative estimate of drug-likeness (QED) is 0.0387. The first kappa shape index (κ1) is 54.8. The van der Waals surface area contributed by atoms with E-state index in [1.54, 1.807) is 10.7 Å². The van der Waals surface area contributed by atoms with Gasteiger partial charge in [-0.3, -0.25) is 9.97 Å². The Labute approximate surface area is 473 Å². The number of nitrogens with two attached hydrogens (primary N) is 1. The summed E-state index contributed by atoms with van der Waals surface area (Å²) >= 11 is 0. The number of pyridine rings is 2. The summed E-state index contributed by atoms with van der Waals surface area (Å²) in [6, 6.07) is 31.7. The maximum Gasteiger partial charge on any atom is 0.249 e. The molecule has 6 aromatic heterocycles.